The Morgan fingerprint density at radius 1 is 1.00 bits per heavy atom. The molecule has 0 saturated heterocycles. The van der Waals surface area contributed by atoms with Gasteiger partial charge in [0.25, 0.3) is 0 Å². The van der Waals surface area contributed by atoms with Gasteiger partial charge < -0.3 is 5.32 Å². The smallest absolute Gasteiger partial charge is 0.0271 e. The van der Waals surface area contributed by atoms with Crippen molar-refractivity contribution in [2.24, 2.45) is 0 Å². The minimum absolute atomic E-state index is 0.872. The van der Waals surface area contributed by atoms with E-state index < -0.39 is 0 Å². The van der Waals surface area contributed by atoms with Gasteiger partial charge in [0.15, 0.2) is 0 Å². The monoisotopic (exact) mass is 224 g/mol. The summed E-state index contributed by atoms with van der Waals surface area (Å²) in [5.74, 6) is 0. The van der Waals surface area contributed by atoms with E-state index in [4.69, 9.17) is 0 Å². The number of nitrogens with zero attached hydrogens (tertiary/aromatic N) is 1. The molecule has 1 aromatic carbocycles. The van der Waals surface area contributed by atoms with Gasteiger partial charge in [-0.3, -0.25) is 4.98 Å². The Hall–Kier alpha value is -1.93. The lowest BCUT2D eigenvalue weighted by Gasteiger charge is -2.00. The highest BCUT2D eigenvalue weighted by Crippen LogP contribution is 2.00. The van der Waals surface area contributed by atoms with Crippen molar-refractivity contribution in [3.8, 4) is 0 Å². The molecule has 2 aromatic rings. The molecule has 1 N–H and O–H groups in total. The molecule has 0 saturated carbocycles. The molecule has 0 amide bonds. The van der Waals surface area contributed by atoms with Gasteiger partial charge in [0, 0.05) is 25.5 Å². The molecular weight excluding hydrogens is 208 g/mol. The van der Waals surface area contributed by atoms with Crippen molar-refractivity contribution in [3.05, 3.63) is 72.1 Å². The summed E-state index contributed by atoms with van der Waals surface area (Å²) in [7, 11) is 0. The Bertz CT molecular complexity index is 449. The average molecular weight is 224 g/mol. The van der Waals surface area contributed by atoms with Crippen LogP contribution < -0.4 is 5.32 Å². The summed E-state index contributed by atoms with van der Waals surface area (Å²) in [5, 5.41) is 3.36. The zero-order chi connectivity index (χ0) is 11.8. The SMILES string of the molecule is C(=C\c1ccccc1)/CNCc1ccncc1. The molecule has 1 heterocycles. The summed E-state index contributed by atoms with van der Waals surface area (Å²) in [6.45, 7) is 1.75. The summed E-state index contributed by atoms with van der Waals surface area (Å²) in [5.41, 5.74) is 2.49. The summed E-state index contributed by atoms with van der Waals surface area (Å²) in [6, 6.07) is 14.4. The molecule has 0 unspecified atom stereocenters. The average Bonchev–Trinajstić information content (AvgIpc) is 2.41. The first kappa shape index (κ1) is 11.6. The maximum absolute atomic E-state index is 3.99. The normalized spacial score (nSPS) is 10.8. The van der Waals surface area contributed by atoms with Crippen LogP contribution in [0.25, 0.3) is 6.08 Å². The highest BCUT2D eigenvalue weighted by molar-refractivity contribution is 5.48. The molecule has 0 atom stereocenters. The minimum atomic E-state index is 0.872. The van der Waals surface area contributed by atoms with Gasteiger partial charge in [0.05, 0.1) is 0 Å². The largest absolute Gasteiger partial charge is 0.309 e. The Labute approximate surface area is 102 Å². The Kier molecular flexibility index (Phi) is 4.49. The van der Waals surface area contributed by atoms with Gasteiger partial charge in [-0.1, -0.05) is 42.5 Å². The van der Waals surface area contributed by atoms with Crippen LogP contribution in [0, 0.1) is 0 Å². The van der Waals surface area contributed by atoms with Gasteiger partial charge in [-0.25, -0.2) is 0 Å². The van der Waals surface area contributed by atoms with Gasteiger partial charge in [-0.15, -0.1) is 0 Å². The summed E-state index contributed by atoms with van der Waals surface area (Å²) in [6.07, 6.45) is 7.89. The molecule has 0 aliphatic carbocycles. The summed E-state index contributed by atoms with van der Waals surface area (Å²) in [4.78, 5) is 3.99. The van der Waals surface area contributed by atoms with E-state index in [1.165, 1.54) is 11.1 Å². The fourth-order valence-electron chi connectivity index (χ4n) is 1.56. The van der Waals surface area contributed by atoms with Gasteiger partial charge in [0.1, 0.15) is 0 Å². The fourth-order valence-corrected chi connectivity index (χ4v) is 1.56. The maximum Gasteiger partial charge on any atom is 0.0271 e. The number of aromatic nitrogens is 1. The van der Waals surface area contributed by atoms with Crippen LogP contribution in [-0.4, -0.2) is 11.5 Å². The zero-order valence-corrected chi connectivity index (χ0v) is 9.71. The molecule has 0 aliphatic rings. The molecule has 0 aliphatic heterocycles. The third-order valence-corrected chi connectivity index (χ3v) is 2.45. The molecular formula is C15H16N2. The zero-order valence-electron chi connectivity index (χ0n) is 9.71. The van der Waals surface area contributed by atoms with Gasteiger partial charge >= 0.3 is 0 Å². The quantitative estimate of drug-likeness (QED) is 0.790. The standard InChI is InChI=1S/C15H16N2/c1-2-5-14(6-3-1)7-4-10-17-13-15-8-11-16-12-9-15/h1-9,11-12,17H,10,13H2/b7-4+. The van der Waals surface area contributed by atoms with Crippen molar-refractivity contribution in [1.82, 2.24) is 10.3 Å². The molecule has 1 aromatic heterocycles. The first-order chi connectivity index (χ1) is 8.45. The van der Waals surface area contributed by atoms with Crippen molar-refractivity contribution in [2.75, 3.05) is 6.54 Å². The molecule has 2 nitrogen and oxygen atoms in total. The third-order valence-electron chi connectivity index (χ3n) is 2.45. The van der Waals surface area contributed by atoms with Gasteiger partial charge in [-0.05, 0) is 23.3 Å². The van der Waals surface area contributed by atoms with E-state index >= 15 is 0 Å². The van der Waals surface area contributed by atoms with Gasteiger partial charge in [-0.2, -0.15) is 0 Å². The molecule has 86 valence electrons. The van der Waals surface area contributed by atoms with Crippen LogP contribution in [0.4, 0.5) is 0 Å². The first-order valence-corrected chi connectivity index (χ1v) is 5.76. The van der Waals surface area contributed by atoms with Crippen molar-refractivity contribution < 1.29 is 0 Å². The fraction of sp³-hybridized carbons (Fsp3) is 0.133. The van der Waals surface area contributed by atoms with Crippen LogP contribution in [0.3, 0.4) is 0 Å². The highest BCUT2D eigenvalue weighted by atomic mass is 14.8. The Morgan fingerprint density at radius 3 is 2.53 bits per heavy atom. The van der Waals surface area contributed by atoms with Crippen LogP contribution in [0.1, 0.15) is 11.1 Å². The number of hydrogen-bond donors (Lipinski definition) is 1. The lowest BCUT2D eigenvalue weighted by Crippen LogP contribution is -2.12. The number of benzene rings is 1. The predicted molar refractivity (Wildman–Crippen MR) is 71.4 cm³/mol. The van der Waals surface area contributed by atoms with E-state index in [2.05, 4.69) is 34.6 Å². The topological polar surface area (TPSA) is 24.9 Å². The molecule has 17 heavy (non-hydrogen) atoms. The van der Waals surface area contributed by atoms with E-state index in [0.717, 1.165) is 13.1 Å². The molecule has 0 bridgehead atoms. The molecule has 0 radical (unpaired) electrons. The number of rotatable bonds is 5. The first-order valence-electron chi connectivity index (χ1n) is 5.76. The van der Waals surface area contributed by atoms with Gasteiger partial charge in [0.2, 0.25) is 0 Å². The lowest BCUT2D eigenvalue weighted by atomic mass is 10.2. The van der Waals surface area contributed by atoms with Crippen LogP contribution in [0.2, 0.25) is 0 Å². The van der Waals surface area contributed by atoms with E-state index in [-0.39, 0.29) is 0 Å². The summed E-state index contributed by atoms with van der Waals surface area (Å²) >= 11 is 0. The lowest BCUT2D eigenvalue weighted by molar-refractivity contribution is 0.760. The van der Waals surface area contributed by atoms with Crippen molar-refractivity contribution in [1.29, 1.82) is 0 Å². The maximum atomic E-state index is 3.99. The second-order valence-corrected chi connectivity index (χ2v) is 3.80. The highest BCUT2D eigenvalue weighted by Gasteiger charge is 1.88. The Balaban J connectivity index is 1.72. The Morgan fingerprint density at radius 2 is 1.76 bits per heavy atom. The number of hydrogen-bond acceptors (Lipinski definition) is 2. The van der Waals surface area contributed by atoms with Crippen LogP contribution >= 0.6 is 0 Å². The van der Waals surface area contributed by atoms with Crippen LogP contribution in [0.15, 0.2) is 60.9 Å². The van der Waals surface area contributed by atoms with E-state index in [1.807, 2.05) is 42.7 Å². The number of pyridine rings is 1. The second-order valence-electron chi connectivity index (χ2n) is 3.80. The van der Waals surface area contributed by atoms with Crippen LogP contribution in [-0.2, 0) is 6.54 Å². The molecule has 2 heteroatoms. The van der Waals surface area contributed by atoms with Crippen LogP contribution in [0.5, 0.6) is 0 Å². The predicted octanol–water partition coefficient (Wildman–Crippen LogP) is 2.88. The third kappa shape index (κ3) is 4.21. The van der Waals surface area contributed by atoms with E-state index in [0.29, 0.717) is 0 Å². The van der Waals surface area contributed by atoms with Crippen molar-refractivity contribution in [2.45, 2.75) is 6.54 Å². The van der Waals surface area contributed by atoms with E-state index in [1.54, 1.807) is 0 Å². The van der Waals surface area contributed by atoms with E-state index in [9.17, 15) is 0 Å². The van der Waals surface area contributed by atoms with Crippen molar-refractivity contribution in [3.63, 3.8) is 0 Å². The minimum Gasteiger partial charge on any atom is -0.309 e. The molecule has 2 rings (SSSR count). The molecule has 0 spiro atoms. The van der Waals surface area contributed by atoms with Crippen molar-refractivity contribution >= 4 is 6.08 Å². The second kappa shape index (κ2) is 6.61. The summed E-state index contributed by atoms with van der Waals surface area (Å²) < 4.78 is 0. The molecule has 0 fully saturated rings. The number of nitrogens with one attached hydrogen (secondary N) is 1.